The van der Waals surface area contributed by atoms with Crippen molar-refractivity contribution in [2.24, 2.45) is 0 Å². The molecule has 45 heavy (non-hydrogen) atoms. The summed E-state index contributed by atoms with van der Waals surface area (Å²) >= 11 is 0. The van der Waals surface area contributed by atoms with Gasteiger partial charge in [-0.05, 0) is 59.2 Å². The average Bonchev–Trinajstić information content (AvgIpc) is 3.78. The van der Waals surface area contributed by atoms with Gasteiger partial charge in [-0.15, -0.1) is 0 Å². The van der Waals surface area contributed by atoms with E-state index in [-0.39, 0.29) is 0 Å². The van der Waals surface area contributed by atoms with Crippen LogP contribution in [0, 0.1) is 0 Å². The molecule has 3 heteroatoms. The van der Waals surface area contributed by atoms with Crippen LogP contribution in [0.3, 0.4) is 0 Å². The summed E-state index contributed by atoms with van der Waals surface area (Å²) in [5.74, 6) is 0. The minimum atomic E-state index is 0.869. The molecule has 0 atom stereocenters. The third kappa shape index (κ3) is 3.46. The van der Waals surface area contributed by atoms with Crippen molar-refractivity contribution in [3.05, 3.63) is 152 Å². The van der Waals surface area contributed by atoms with Gasteiger partial charge in [0.15, 0.2) is 5.58 Å². The topological polar surface area (TPSA) is 31.2 Å². The number of benzene rings is 7. The lowest BCUT2D eigenvalue weighted by atomic mass is 9.94. The van der Waals surface area contributed by atoms with Crippen LogP contribution in [0.4, 0.5) is 0 Å². The van der Waals surface area contributed by atoms with Crippen LogP contribution < -0.4 is 0 Å². The van der Waals surface area contributed by atoms with Crippen LogP contribution in [0.2, 0.25) is 0 Å². The summed E-state index contributed by atoms with van der Waals surface area (Å²) in [6, 6.07) is 53.5. The number of rotatable bonds is 3. The van der Waals surface area contributed by atoms with Crippen LogP contribution in [0.15, 0.2) is 160 Å². The molecule has 0 spiro atoms. The smallest absolute Gasteiger partial charge is 0.159 e. The van der Waals surface area contributed by atoms with E-state index in [4.69, 9.17) is 8.83 Å². The summed E-state index contributed by atoms with van der Waals surface area (Å²) < 4.78 is 15.7. The van der Waals surface area contributed by atoms with Crippen molar-refractivity contribution in [1.82, 2.24) is 4.57 Å². The zero-order valence-electron chi connectivity index (χ0n) is 24.2. The molecule has 210 valence electrons. The standard InChI is InChI=1S/C42H25NO2/c1-2-11-26(12-3-1)29-24-23-28(27-21-22-33-32-15-6-9-20-38(32)44-39(33)25-27)40-34-16-10-19-37(41(34)45-42(29)40)43-35-17-7-4-13-30(35)31-14-5-8-18-36(31)43/h1-25H. The van der Waals surface area contributed by atoms with Gasteiger partial charge < -0.3 is 13.4 Å². The number of aromatic nitrogens is 1. The van der Waals surface area contributed by atoms with E-state index in [0.29, 0.717) is 0 Å². The molecular weight excluding hydrogens is 550 g/mol. The van der Waals surface area contributed by atoms with Gasteiger partial charge in [-0.3, -0.25) is 0 Å². The Morgan fingerprint density at radius 3 is 1.82 bits per heavy atom. The number of hydrogen-bond donors (Lipinski definition) is 0. The van der Waals surface area contributed by atoms with Crippen molar-refractivity contribution >= 4 is 65.7 Å². The number of para-hydroxylation sites is 4. The van der Waals surface area contributed by atoms with Gasteiger partial charge in [-0.1, -0.05) is 109 Å². The van der Waals surface area contributed by atoms with E-state index >= 15 is 0 Å². The molecule has 0 radical (unpaired) electrons. The predicted octanol–water partition coefficient (Wildman–Crippen LogP) is 11.9. The van der Waals surface area contributed by atoms with Gasteiger partial charge in [0.25, 0.3) is 0 Å². The highest BCUT2D eigenvalue weighted by Crippen LogP contribution is 2.45. The Kier molecular flexibility index (Phi) is 5.00. The van der Waals surface area contributed by atoms with E-state index in [1.807, 2.05) is 12.1 Å². The van der Waals surface area contributed by atoms with Crippen LogP contribution in [0.5, 0.6) is 0 Å². The minimum absolute atomic E-state index is 0.869. The summed E-state index contributed by atoms with van der Waals surface area (Å²) in [5.41, 5.74) is 11.3. The molecule has 3 heterocycles. The van der Waals surface area contributed by atoms with E-state index < -0.39 is 0 Å². The van der Waals surface area contributed by atoms with Crippen molar-refractivity contribution in [2.75, 3.05) is 0 Å². The Balaban J connectivity index is 1.31. The molecular formula is C42H25NO2. The van der Waals surface area contributed by atoms with Crippen LogP contribution in [0.1, 0.15) is 0 Å². The average molecular weight is 576 g/mol. The Labute approximate surface area is 258 Å². The Hall–Kier alpha value is -6.06. The summed E-state index contributed by atoms with van der Waals surface area (Å²) in [4.78, 5) is 0. The molecule has 0 unspecified atom stereocenters. The van der Waals surface area contributed by atoms with Crippen molar-refractivity contribution in [3.63, 3.8) is 0 Å². The molecule has 0 fully saturated rings. The van der Waals surface area contributed by atoms with Gasteiger partial charge in [0, 0.05) is 37.9 Å². The van der Waals surface area contributed by atoms with Gasteiger partial charge in [-0.25, -0.2) is 0 Å². The van der Waals surface area contributed by atoms with Crippen LogP contribution in [0.25, 0.3) is 93.6 Å². The maximum absolute atomic E-state index is 7.04. The second kappa shape index (κ2) is 9.22. The quantitative estimate of drug-likeness (QED) is 0.210. The molecule has 10 aromatic rings. The Bertz CT molecular complexity index is 2710. The van der Waals surface area contributed by atoms with Gasteiger partial charge in [-0.2, -0.15) is 0 Å². The van der Waals surface area contributed by atoms with E-state index in [0.717, 1.165) is 82.9 Å². The molecule has 3 nitrogen and oxygen atoms in total. The van der Waals surface area contributed by atoms with Gasteiger partial charge in [0.05, 0.1) is 16.7 Å². The van der Waals surface area contributed by atoms with E-state index in [2.05, 4.69) is 144 Å². The molecule has 0 N–H and O–H groups in total. The molecule has 0 aliphatic heterocycles. The van der Waals surface area contributed by atoms with E-state index in [1.165, 1.54) is 10.8 Å². The zero-order chi connectivity index (χ0) is 29.5. The number of furan rings is 2. The largest absolute Gasteiger partial charge is 0.456 e. The molecule has 0 aliphatic rings. The molecule has 0 bridgehead atoms. The summed E-state index contributed by atoms with van der Waals surface area (Å²) in [5, 5.41) is 6.90. The summed E-state index contributed by atoms with van der Waals surface area (Å²) in [7, 11) is 0. The summed E-state index contributed by atoms with van der Waals surface area (Å²) in [6.07, 6.45) is 0. The fourth-order valence-corrected chi connectivity index (χ4v) is 7.22. The number of hydrogen-bond acceptors (Lipinski definition) is 2. The first kappa shape index (κ1) is 24.4. The molecule has 0 saturated heterocycles. The SMILES string of the molecule is c1ccc(-c2ccc(-c3ccc4c(c3)oc3ccccc34)c3c2oc2c(-n4c5ccccc5c5ccccc54)cccc23)cc1. The minimum Gasteiger partial charge on any atom is -0.456 e. The van der Waals surface area contributed by atoms with Crippen molar-refractivity contribution in [3.8, 4) is 27.9 Å². The number of fused-ring (bicyclic) bond motifs is 9. The maximum Gasteiger partial charge on any atom is 0.159 e. The van der Waals surface area contributed by atoms with E-state index in [1.54, 1.807) is 0 Å². The Morgan fingerprint density at radius 1 is 0.378 bits per heavy atom. The predicted molar refractivity (Wildman–Crippen MR) is 186 cm³/mol. The van der Waals surface area contributed by atoms with E-state index in [9.17, 15) is 0 Å². The zero-order valence-corrected chi connectivity index (χ0v) is 24.2. The third-order valence-electron chi connectivity index (χ3n) is 9.22. The fraction of sp³-hybridized carbons (Fsp3) is 0. The lowest BCUT2D eigenvalue weighted by Gasteiger charge is -2.09. The van der Waals surface area contributed by atoms with Crippen molar-refractivity contribution < 1.29 is 8.83 Å². The second-order valence-corrected chi connectivity index (χ2v) is 11.7. The molecule has 3 aromatic heterocycles. The first-order valence-corrected chi connectivity index (χ1v) is 15.3. The van der Waals surface area contributed by atoms with Crippen LogP contribution in [-0.4, -0.2) is 4.57 Å². The first-order chi connectivity index (χ1) is 22.3. The molecule has 7 aromatic carbocycles. The van der Waals surface area contributed by atoms with Crippen LogP contribution >= 0.6 is 0 Å². The molecule has 0 amide bonds. The lowest BCUT2D eigenvalue weighted by Crippen LogP contribution is -1.94. The Morgan fingerprint density at radius 2 is 1.02 bits per heavy atom. The first-order valence-electron chi connectivity index (χ1n) is 15.3. The highest BCUT2D eigenvalue weighted by molar-refractivity contribution is 6.19. The van der Waals surface area contributed by atoms with Crippen molar-refractivity contribution in [1.29, 1.82) is 0 Å². The van der Waals surface area contributed by atoms with Gasteiger partial charge >= 0.3 is 0 Å². The van der Waals surface area contributed by atoms with Gasteiger partial charge in [0.2, 0.25) is 0 Å². The normalized spacial score (nSPS) is 12.0. The monoisotopic (exact) mass is 575 g/mol. The number of nitrogens with zero attached hydrogens (tertiary/aromatic N) is 1. The molecule has 0 aliphatic carbocycles. The van der Waals surface area contributed by atoms with Gasteiger partial charge in [0.1, 0.15) is 16.7 Å². The molecule has 0 saturated carbocycles. The van der Waals surface area contributed by atoms with Crippen LogP contribution in [-0.2, 0) is 0 Å². The second-order valence-electron chi connectivity index (χ2n) is 11.7. The lowest BCUT2D eigenvalue weighted by molar-refractivity contribution is 0.667. The highest BCUT2D eigenvalue weighted by Gasteiger charge is 2.22. The maximum atomic E-state index is 7.04. The summed E-state index contributed by atoms with van der Waals surface area (Å²) in [6.45, 7) is 0. The fourth-order valence-electron chi connectivity index (χ4n) is 7.22. The molecule has 10 rings (SSSR count). The highest BCUT2D eigenvalue weighted by atomic mass is 16.3. The third-order valence-corrected chi connectivity index (χ3v) is 9.22. The van der Waals surface area contributed by atoms with Crippen molar-refractivity contribution in [2.45, 2.75) is 0 Å².